The maximum Gasteiger partial charge on any atom is 0.296 e. The van der Waals surface area contributed by atoms with Crippen LogP contribution in [0.4, 0.5) is 11.4 Å². The standard InChI is InChI=1S/C26H26N4O4S/c1-4-19-9-8-10-21(17-19)27-25(31)20-13-15-23(16-14-20)35(33,34)28-24-18(2)29(3)30(26(24)32)22-11-6-5-7-12-22/h5-17,28H,4H2,1-3H3,(H,27,31). The minimum Gasteiger partial charge on any atom is -0.322 e. The van der Waals surface area contributed by atoms with E-state index in [0.29, 0.717) is 22.6 Å². The molecule has 3 aromatic carbocycles. The van der Waals surface area contributed by atoms with Gasteiger partial charge in [-0.25, -0.2) is 13.1 Å². The topological polar surface area (TPSA) is 102 Å². The summed E-state index contributed by atoms with van der Waals surface area (Å²) in [5.41, 5.74) is 2.65. The predicted molar refractivity (Wildman–Crippen MR) is 137 cm³/mol. The monoisotopic (exact) mass is 490 g/mol. The first kappa shape index (κ1) is 24.0. The van der Waals surface area contributed by atoms with E-state index >= 15 is 0 Å². The molecule has 0 saturated carbocycles. The van der Waals surface area contributed by atoms with Gasteiger partial charge in [-0.1, -0.05) is 37.3 Å². The molecule has 9 heteroatoms. The number of anilines is 2. The summed E-state index contributed by atoms with van der Waals surface area (Å²) < 4.78 is 31.5. The fraction of sp³-hybridized carbons (Fsp3) is 0.154. The van der Waals surface area contributed by atoms with Gasteiger partial charge >= 0.3 is 0 Å². The van der Waals surface area contributed by atoms with Crippen molar-refractivity contribution in [2.45, 2.75) is 25.2 Å². The smallest absolute Gasteiger partial charge is 0.296 e. The van der Waals surface area contributed by atoms with Gasteiger partial charge in [-0.15, -0.1) is 0 Å². The number of hydrogen-bond acceptors (Lipinski definition) is 4. The number of nitrogens with zero attached hydrogens (tertiary/aromatic N) is 2. The number of hydrogen-bond donors (Lipinski definition) is 2. The SMILES string of the molecule is CCc1cccc(NC(=O)c2ccc(S(=O)(=O)Nc3c(C)n(C)n(-c4ccccc4)c3=O)cc2)c1. The van der Waals surface area contributed by atoms with E-state index < -0.39 is 15.6 Å². The lowest BCUT2D eigenvalue weighted by Gasteiger charge is -2.09. The van der Waals surface area contributed by atoms with Gasteiger partial charge in [0.1, 0.15) is 5.69 Å². The first-order valence-electron chi connectivity index (χ1n) is 11.1. The molecule has 4 rings (SSSR count). The zero-order valence-corrected chi connectivity index (χ0v) is 20.5. The maximum atomic E-state index is 13.0. The van der Waals surface area contributed by atoms with E-state index in [-0.39, 0.29) is 16.5 Å². The molecule has 8 nitrogen and oxygen atoms in total. The number of aromatic nitrogens is 2. The number of carbonyl (C=O) groups excluding carboxylic acids is 1. The first-order chi connectivity index (χ1) is 16.7. The van der Waals surface area contributed by atoms with Crippen LogP contribution >= 0.6 is 0 Å². The molecule has 0 radical (unpaired) electrons. The van der Waals surface area contributed by atoms with Gasteiger partial charge in [0.05, 0.1) is 16.3 Å². The molecule has 4 aromatic rings. The average molecular weight is 491 g/mol. The van der Waals surface area contributed by atoms with E-state index in [4.69, 9.17) is 0 Å². The van der Waals surface area contributed by atoms with Crippen molar-refractivity contribution in [3.63, 3.8) is 0 Å². The molecule has 0 saturated heterocycles. The Morgan fingerprint density at radius 3 is 2.29 bits per heavy atom. The minimum atomic E-state index is -4.06. The summed E-state index contributed by atoms with van der Waals surface area (Å²) in [6.45, 7) is 3.70. The van der Waals surface area contributed by atoms with E-state index in [1.807, 2.05) is 31.2 Å². The third kappa shape index (κ3) is 4.90. The van der Waals surface area contributed by atoms with Crippen molar-refractivity contribution in [1.82, 2.24) is 9.36 Å². The maximum absolute atomic E-state index is 13.0. The number of rotatable bonds is 7. The Labute approximate surface area is 203 Å². The summed E-state index contributed by atoms with van der Waals surface area (Å²) in [7, 11) is -2.38. The number of carbonyl (C=O) groups is 1. The van der Waals surface area contributed by atoms with Crippen LogP contribution in [0.2, 0.25) is 0 Å². The Hall–Kier alpha value is -4.11. The van der Waals surface area contributed by atoms with Crippen LogP contribution in [0.15, 0.2) is 88.6 Å². The number of amides is 1. The summed E-state index contributed by atoms with van der Waals surface area (Å²) in [5.74, 6) is -0.347. The molecule has 0 unspecified atom stereocenters. The van der Waals surface area contributed by atoms with Gasteiger partial charge in [-0.2, -0.15) is 0 Å². The average Bonchev–Trinajstić information content (AvgIpc) is 3.07. The molecular weight excluding hydrogens is 464 g/mol. The van der Waals surface area contributed by atoms with Crippen LogP contribution in [0, 0.1) is 6.92 Å². The largest absolute Gasteiger partial charge is 0.322 e. The summed E-state index contributed by atoms with van der Waals surface area (Å²) in [6, 6.07) is 22.1. The Bertz CT molecular complexity index is 1540. The molecule has 1 amide bonds. The Kier molecular flexibility index (Phi) is 6.61. The molecule has 0 fully saturated rings. The van der Waals surface area contributed by atoms with Gasteiger partial charge in [0.25, 0.3) is 21.5 Å². The number of aryl methyl sites for hydroxylation is 1. The van der Waals surface area contributed by atoms with Gasteiger partial charge in [0, 0.05) is 18.3 Å². The zero-order valence-electron chi connectivity index (χ0n) is 19.6. The van der Waals surface area contributed by atoms with Gasteiger partial charge in [0.2, 0.25) is 0 Å². The van der Waals surface area contributed by atoms with E-state index in [9.17, 15) is 18.0 Å². The Morgan fingerprint density at radius 1 is 0.943 bits per heavy atom. The van der Waals surface area contributed by atoms with Crippen molar-refractivity contribution in [3.05, 3.63) is 106 Å². The van der Waals surface area contributed by atoms with Gasteiger partial charge in [-0.3, -0.25) is 19.0 Å². The highest BCUT2D eigenvalue weighted by Crippen LogP contribution is 2.20. The molecule has 2 N–H and O–H groups in total. The van der Waals surface area contributed by atoms with Crippen LogP contribution < -0.4 is 15.6 Å². The molecule has 0 aliphatic rings. The molecule has 0 atom stereocenters. The van der Waals surface area contributed by atoms with Crippen LogP contribution in [0.25, 0.3) is 5.69 Å². The molecule has 1 aromatic heterocycles. The molecule has 0 bridgehead atoms. The van der Waals surface area contributed by atoms with Crippen molar-refractivity contribution in [3.8, 4) is 5.69 Å². The first-order valence-corrected chi connectivity index (χ1v) is 12.6. The van der Waals surface area contributed by atoms with E-state index in [1.165, 1.54) is 28.9 Å². The lowest BCUT2D eigenvalue weighted by Crippen LogP contribution is -2.23. The Morgan fingerprint density at radius 2 is 1.63 bits per heavy atom. The molecule has 0 spiro atoms. The molecule has 0 aliphatic heterocycles. The zero-order chi connectivity index (χ0) is 25.2. The third-order valence-electron chi connectivity index (χ3n) is 5.81. The molecular formula is C26H26N4O4S. The fourth-order valence-corrected chi connectivity index (χ4v) is 4.85. The van der Waals surface area contributed by atoms with Crippen molar-refractivity contribution < 1.29 is 13.2 Å². The fourth-order valence-electron chi connectivity index (χ4n) is 3.74. The lowest BCUT2D eigenvalue weighted by molar-refractivity contribution is 0.102. The molecule has 0 aliphatic carbocycles. The third-order valence-corrected chi connectivity index (χ3v) is 7.18. The summed E-state index contributed by atoms with van der Waals surface area (Å²) >= 11 is 0. The lowest BCUT2D eigenvalue weighted by atomic mass is 10.1. The van der Waals surface area contributed by atoms with Crippen LogP contribution in [-0.2, 0) is 23.5 Å². The van der Waals surface area contributed by atoms with Crippen LogP contribution in [-0.4, -0.2) is 23.7 Å². The van der Waals surface area contributed by atoms with E-state index in [1.54, 1.807) is 49.0 Å². The van der Waals surface area contributed by atoms with E-state index in [2.05, 4.69) is 10.0 Å². The van der Waals surface area contributed by atoms with Gasteiger partial charge < -0.3 is 5.32 Å². The van der Waals surface area contributed by atoms with Gasteiger partial charge in [0.15, 0.2) is 0 Å². The summed E-state index contributed by atoms with van der Waals surface area (Å²) in [5, 5.41) is 2.82. The van der Waals surface area contributed by atoms with E-state index in [0.717, 1.165) is 12.0 Å². The summed E-state index contributed by atoms with van der Waals surface area (Å²) in [4.78, 5) is 25.6. The van der Waals surface area contributed by atoms with Crippen LogP contribution in [0.1, 0.15) is 28.5 Å². The highest BCUT2D eigenvalue weighted by atomic mass is 32.2. The Balaban J connectivity index is 1.56. The number of para-hydroxylation sites is 1. The van der Waals surface area contributed by atoms with Crippen LogP contribution in [0.5, 0.6) is 0 Å². The second kappa shape index (κ2) is 9.63. The predicted octanol–water partition coefficient (Wildman–Crippen LogP) is 4.10. The number of sulfonamides is 1. The molecule has 1 heterocycles. The van der Waals surface area contributed by atoms with Crippen LogP contribution in [0.3, 0.4) is 0 Å². The van der Waals surface area contributed by atoms with Crippen molar-refractivity contribution in [2.24, 2.45) is 7.05 Å². The normalized spacial score (nSPS) is 11.3. The second-order valence-corrected chi connectivity index (χ2v) is 9.76. The van der Waals surface area contributed by atoms with Crippen molar-refractivity contribution in [2.75, 3.05) is 10.0 Å². The summed E-state index contributed by atoms with van der Waals surface area (Å²) in [6.07, 6.45) is 0.848. The highest BCUT2D eigenvalue weighted by molar-refractivity contribution is 7.92. The molecule has 35 heavy (non-hydrogen) atoms. The van der Waals surface area contributed by atoms with Crippen molar-refractivity contribution >= 4 is 27.3 Å². The number of nitrogens with one attached hydrogen (secondary N) is 2. The molecule has 180 valence electrons. The van der Waals surface area contributed by atoms with Crippen molar-refractivity contribution in [1.29, 1.82) is 0 Å². The second-order valence-electron chi connectivity index (χ2n) is 8.07. The highest BCUT2D eigenvalue weighted by Gasteiger charge is 2.22. The quantitative estimate of drug-likeness (QED) is 0.407. The minimum absolute atomic E-state index is 0.0334. The van der Waals surface area contributed by atoms with Gasteiger partial charge in [-0.05, 0) is 67.4 Å². The number of benzene rings is 3.